The summed E-state index contributed by atoms with van der Waals surface area (Å²) < 4.78 is 0. The molecule has 2 aromatic rings. The van der Waals surface area contributed by atoms with Gasteiger partial charge in [0.05, 0.1) is 12.2 Å². The lowest BCUT2D eigenvalue weighted by Gasteiger charge is -1.97. The van der Waals surface area contributed by atoms with Crippen LogP contribution in [0.5, 0.6) is 0 Å². The average molecular weight is 224 g/mol. The van der Waals surface area contributed by atoms with E-state index in [1.807, 2.05) is 36.4 Å². The Hall–Kier alpha value is -1.96. The van der Waals surface area contributed by atoms with E-state index in [2.05, 4.69) is 34.5 Å². The van der Waals surface area contributed by atoms with Crippen LogP contribution in [-0.2, 0) is 6.42 Å². The first kappa shape index (κ1) is 11.5. The minimum Gasteiger partial charge on any atom is -0.189 e. The zero-order valence-corrected chi connectivity index (χ0v) is 9.79. The highest BCUT2D eigenvalue weighted by Gasteiger charge is 1.90. The van der Waals surface area contributed by atoms with E-state index in [1.165, 1.54) is 5.56 Å². The quantitative estimate of drug-likeness (QED) is 0.531. The van der Waals surface area contributed by atoms with E-state index in [0.717, 1.165) is 25.1 Å². The van der Waals surface area contributed by atoms with Crippen LogP contribution in [0.3, 0.4) is 0 Å². The Morgan fingerprint density at radius 3 is 2.12 bits per heavy atom. The summed E-state index contributed by atoms with van der Waals surface area (Å²) in [6.45, 7) is 0.782. The zero-order valence-electron chi connectivity index (χ0n) is 9.79. The van der Waals surface area contributed by atoms with Gasteiger partial charge in [-0.3, -0.25) is 0 Å². The van der Waals surface area contributed by atoms with Crippen LogP contribution in [0.1, 0.15) is 12.0 Å². The van der Waals surface area contributed by atoms with E-state index in [-0.39, 0.29) is 0 Å². The zero-order chi connectivity index (χ0) is 11.8. The van der Waals surface area contributed by atoms with E-state index in [4.69, 9.17) is 0 Å². The van der Waals surface area contributed by atoms with E-state index < -0.39 is 0 Å². The van der Waals surface area contributed by atoms with Crippen molar-refractivity contribution in [2.24, 2.45) is 10.2 Å². The lowest BCUT2D eigenvalue weighted by Crippen LogP contribution is -1.86. The Bertz CT molecular complexity index is 449. The highest BCUT2D eigenvalue weighted by atomic mass is 15.1. The molecule has 0 saturated heterocycles. The molecule has 2 nitrogen and oxygen atoms in total. The molecule has 0 saturated carbocycles. The van der Waals surface area contributed by atoms with E-state index in [1.54, 1.807) is 0 Å². The maximum absolute atomic E-state index is 4.18. The number of azo groups is 1. The number of aryl methyl sites for hydroxylation is 1. The number of benzene rings is 2. The summed E-state index contributed by atoms with van der Waals surface area (Å²) in [4.78, 5) is 0. The van der Waals surface area contributed by atoms with Gasteiger partial charge in [0.15, 0.2) is 0 Å². The highest BCUT2D eigenvalue weighted by Crippen LogP contribution is 2.10. The third kappa shape index (κ3) is 4.19. The molecule has 0 heterocycles. The lowest BCUT2D eigenvalue weighted by atomic mass is 10.1. The van der Waals surface area contributed by atoms with Crippen molar-refractivity contribution >= 4 is 5.69 Å². The van der Waals surface area contributed by atoms with Crippen molar-refractivity contribution in [2.45, 2.75) is 12.8 Å². The van der Waals surface area contributed by atoms with Gasteiger partial charge in [0, 0.05) is 0 Å². The minimum absolute atomic E-state index is 0.782. The summed E-state index contributed by atoms with van der Waals surface area (Å²) in [5.74, 6) is 0. The van der Waals surface area contributed by atoms with Gasteiger partial charge in [-0.25, -0.2) is 0 Å². The lowest BCUT2D eigenvalue weighted by molar-refractivity contribution is 0.801. The van der Waals surface area contributed by atoms with Crippen LogP contribution >= 0.6 is 0 Å². The van der Waals surface area contributed by atoms with Crippen molar-refractivity contribution in [1.82, 2.24) is 0 Å². The number of nitrogens with zero attached hydrogens (tertiary/aromatic N) is 2. The van der Waals surface area contributed by atoms with Gasteiger partial charge in [0.1, 0.15) is 0 Å². The molecule has 2 aromatic carbocycles. The fraction of sp³-hybridized carbons (Fsp3) is 0.200. The summed E-state index contributed by atoms with van der Waals surface area (Å²) >= 11 is 0. The molecule has 0 fully saturated rings. The molecule has 0 unspecified atom stereocenters. The third-order valence-electron chi connectivity index (χ3n) is 2.51. The van der Waals surface area contributed by atoms with Gasteiger partial charge in [-0.1, -0.05) is 48.5 Å². The normalized spacial score (nSPS) is 10.8. The molecular weight excluding hydrogens is 208 g/mol. The maximum Gasteiger partial charge on any atom is 0.0852 e. The van der Waals surface area contributed by atoms with Gasteiger partial charge in [-0.05, 0) is 30.5 Å². The Kier molecular flexibility index (Phi) is 4.46. The summed E-state index contributed by atoms with van der Waals surface area (Å²) in [5.41, 5.74) is 2.29. The predicted octanol–water partition coefficient (Wildman–Crippen LogP) is 4.40. The summed E-state index contributed by atoms with van der Waals surface area (Å²) in [7, 11) is 0. The molecule has 0 aliphatic rings. The standard InChI is InChI=1S/C15H16N2/c1-3-8-14(9-4-1)10-7-13-16-17-15-11-5-2-6-12-15/h1-6,8-9,11-12H,7,10,13H2. The first-order valence-electron chi connectivity index (χ1n) is 5.91. The molecule has 17 heavy (non-hydrogen) atoms. The van der Waals surface area contributed by atoms with E-state index >= 15 is 0 Å². The molecule has 0 aliphatic carbocycles. The smallest absolute Gasteiger partial charge is 0.0852 e. The van der Waals surface area contributed by atoms with Crippen LogP contribution in [0.4, 0.5) is 5.69 Å². The second-order valence-electron chi connectivity index (χ2n) is 3.89. The van der Waals surface area contributed by atoms with Gasteiger partial charge < -0.3 is 0 Å². The molecule has 0 bridgehead atoms. The monoisotopic (exact) mass is 224 g/mol. The van der Waals surface area contributed by atoms with Crippen LogP contribution in [0.25, 0.3) is 0 Å². The van der Waals surface area contributed by atoms with Gasteiger partial charge in [0.2, 0.25) is 0 Å². The fourth-order valence-corrected chi connectivity index (χ4v) is 1.62. The van der Waals surface area contributed by atoms with Crippen molar-refractivity contribution in [3.63, 3.8) is 0 Å². The van der Waals surface area contributed by atoms with Crippen LogP contribution < -0.4 is 0 Å². The van der Waals surface area contributed by atoms with E-state index in [0.29, 0.717) is 0 Å². The largest absolute Gasteiger partial charge is 0.189 e. The summed E-state index contributed by atoms with van der Waals surface area (Å²) in [5, 5.41) is 8.34. The van der Waals surface area contributed by atoms with E-state index in [9.17, 15) is 0 Å². The summed E-state index contributed by atoms with van der Waals surface area (Å²) in [6.07, 6.45) is 2.11. The topological polar surface area (TPSA) is 24.7 Å². The molecule has 0 spiro atoms. The van der Waals surface area contributed by atoms with Crippen LogP contribution in [0.15, 0.2) is 70.9 Å². The van der Waals surface area contributed by atoms with Gasteiger partial charge >= 0.3 is 0 Å². The molecule has 86 valence electrons. The minimum atomic E-state index is 0.782. The fourth-order valence-electron chi connectivity index (χ4n) is 1.62. The Morgan fingerprint density at radius 1 is 0.765 bits per heavy atom. The molecule has 0 N–H and O–H groups in total. The molecule has 2 rings (SSSR count). The van der Waals surface area contributed by atoms with Crippen molar-refractivity contribution in [2.75, 3.05) is 6.54 Å². The molecule has 0 aliphatic heterocycles. The molecule has 0 aromatic heterocycles. The van der Waals surface area contributed by atoms with Crippen LogP contribution in [0, 0.1) is 0 Å². The van der Waals surface area contributed by atoms with Crippen molar-refractivity contribution < 1.29 is 0 Å². The average Bonchev–Trinajstić information content (AvgIpc) is 2.41. The predicted molar refractivity (Wildman–Crippen MR) is 70.6 cm³/mol. The second-order valence-corrected chi connectivity index (χ2v) is 3.89. The highest BCUT2D eigenvalue weighted by molar-refractivity contribution is 5.34. The molecule has 2 heteroatoms. The van der Waals surface area contributed by atoms with Gasteiger partial charge in [-0.2, -0.15) is 10.2 Å². The maximum atomic E-state index is 4.18. The molecular formula is C15H16N2. The number of rotatable bonds is 5. The molecule has 0 atom stereocenters. The van der Waals surface area contributed by atoms with Gasteiger partial charge in [0.25, 0.3) is 0 Å². The number of hydrogen-bond acceptors (Lipinski definition) is 2. The SMILES string of the molecule is c1ccc(CCCN=Nc2ccccc2)cc1. The van der Waals surface area contributed by atoms with Crippen molar-refractivity contribution in [3.8, 4) is 0 Å². The Balaban J connectivity index is 1.72. The van der Waals surface area contributed by atoms with Gasteiger partial charge in [-0.15, -0.1) is 0 Å². The number of hydrogen-bond donors (Lipinski definition) is 0. The summed E-state index contributed by atoms with van der Waals surface area (Å²) in [6, 6.07) is 20.3. The first-order chi connectivity index (χ1) is 8.45. The van der Waals surface area contributed by atoms with Crippen LogP contribution in [-0.4, -0.2) is 6.54 Å². The van der Waals surface area contributed by atoms with Crippen molar-refractivity contribution in [3.05, 3.63) is 66.2 Å². The molecule has 0 amide bonds. The third-order valence-corrected chi connectivity index (χ3v) is 2.51. The second kappa shape index (κ2) is 6.59. The van der Waals surface area contributed by atoms with Crippen molar-refractivity contribution in [1.29, 1.82) is 0 Å². The Morgan fingerprint density at radius 2 is 1.41 bits per heavy atom. The van der Waals surface area contributed by atoms with Crippen LogP contribution in [0.2, 0.25) is 0 Å². The first-order valence-corrected chi connectivity index (χ1v) is 5.91. The molecule has 0 radical (unpaired) electrons. The Labute approximate surface area is 102 Å².